The number of ether oxygens (including phenoxy) is 2. The maximum absolute atomic E-state index is 13.8. The molecule has 1 aromatic carbocycles. The molecule has 1 amide bonds. The molecule has 0 radical (unpaired) electrons. The second-order valence-corrected chi connectivity index (χ2v) is 9.75. The molecule has 2 aromatic heterocycles. The van der Waals surface area contributed by atoms with E-state index < -0.39 is 17.5 Å². The SMILES string of the molecule is COc1ncc(N=C(C2=C(N)C(=O)N3c4c(c(Cl)cn(C)c4=O)-c4cc(C#N)ccc4C23)C(C)C)c(OC)n1. The highest BCUT2D eigenvalue weighted by molar-refractivity contribution is 6.35. The fourth-order valence-corrected chi connectivity index (χ4v) is 5.32. The number of hydrogen-bond acceptors (Lipinski definition) is 9. The van der Waals surface area contributed by atoms with Gasteiger partial charge in [-0.2, -0.15) is 10.2 Å². The smallest absolute Gasteiger partial charge is 0.319 e. The van der Waals surface area contributed by atoms with E-state index in [0.717, 1.165) is 0 Å². The zero-order valence-corrected chi connectivity index (χ0v) is 22.6. The second-order valence-electron chi connectivity index (χ2n) is 9.34. The van der Waals surface area contributed by atoms with Gasteiger partial charge in [0.15, 0.2) is 0 Å². The molecule has 0 fully saturated rings. The van der Waals surface area contributed by atoms with E-state index in [1.807, 2.05) is 13.8 Å². The monoisotopic (exact) mass is 545 g/mol. The van der Waals surface area contributed by atoms with Crippen LogP contribution in [0.5, 0.6) is 11.9 Å². The van der Waals surface area contributed by atoms with Crippen LogP contribution in [0.1, 0.15) is 31.0 Å². The number of aliphatic imine (C=N–C) groups is 1. The average Bonchev–Trinajstić information content (AvgIpc) is 3.19. The molecule has 0 aliphatic carbocycles. The van der Waals surface area contributed by atoms with Gasteiger partial charge in [-0.25, -0.2) is 9.98 Å². The summed E-state index contributed by atoms with van der Waals surface area (Å²) in [6, 6.07) is 6.53. The van der Waals surface area contributed by atoms with E-state index in [4.69, 9.17) is 31.8 Å². The predicted molar refractivity (Wildman–Crippen MR) is 145 cm³/mol. The first kappa shape index (κ1) is 25.9. The van der Waals surface area contributed by atoms with Gasteiger partial charge in [0.05, 0.1) is 48.8 Å². The molecule has 3 aromatic rings. The lowest BCUT2D eigenvalue weighted by Gasteiger charge is -2.36. The van der Waals surface area contributed by atoms with Crippen molar-refractivity contribution in [3.63, 3.8) is 0 Å². The van der Waals surface area contributed by atoms with Crippen molar-refractivity contribution in [2.75, 3.05) is 19.1 Å². The normalized spacial score (nSPS) is 16.2. The lowest BCUT2D eigenvalue weighted by atomic mass is 9.83. The summed E-state index contributed by atoms with van der Waals surface area (Å²) in [4.78, 5) is 41.8. The van der Waals surface area contributed by atoms with E-state index in [2.05, 4.69) is 16.0 Å². The molecule has 0 spiro atoms. The van der Waals surface area contributed by atoms with Crippen molar-refractivity contribution < 1.29 is 14.3 Å². The van der Waals surface area contributed by atoms with Crippen LogP contribution in [0.3, 0.4) is 0 Å². The van der Waals surface area contributed by atoms with E-state index in [1.165, 1.54) is 36.1 Å². The number of rotatable bonds is 5. The van der Waals surface area contributed by atoms with E-state index >= 15 is 0 Å². The second kappa shape index (κ2) is 9.56. The summed E-state index contributed by atoms with van der Waals surface area (Å²) in [7, 11) is 4.44. The Hall–Kier alpha value is -4.69. The van der Waals surface area contributed by atoms with Crippen molar-refractivity contribution in [2.24, 2.45) is 23.7 Å². The highest BCUT2D eigenvalue weighted by atomic mass is 35.5. The predicted octanol–water partition coefficient (Wildman–Crippen LogP) is 3.43. The van der Waals surface area contributed by atoms with Crippen molar-refractivity contribution in [2.45, 2.75) is 19.9 Å². The van der Waals surface area contributed by atoms with Gasteiger partial charge in [-0.1, -0.05) is 31.5 Å². The van der Waals surface area contributed by atoms with Crippen LogP contribution in [0.2, 0.25) is 5.02 Å². The minimum absolute atomic E-state index is 0.0500. The van der Waals surface area contributed by atoms with Crippen LogP contribution in [0.25, 0.3) is 11.1 Å². The molecule has 0 saturated carbocycles. The van der Waals surface area contributed by atoms with Crippen LogP contribution in [0, 0.1) is 17.2 Å². The fraction of sp³-hybridized carbons (Fsp3) is 0.259. The Morgan fingerprint density at radius 3 is 2.64 bits per heavy atom. The van der Waals surface area contributed by atoms with Gasteiger partial charge in [0, 0.05) is 24.4 Å². The van der Waals surface area contributed by atoms with Crippen LogP contribution in [-0.2, 0) is 11.8 Å². The molecule has 1 atom stereocenters. The molecular weight excluding hydrogens is 522 g/mol. The summed E-state index contributed by atoms with van der Waals surface area (Å²) >= 11 is 6.64. The first-order valence-electron chi connectivity index (χ1n) is 11.9. The third kappa shape index (κ3) is 3.92. The van der Waals surface area contributed by atoms with Gasteiger partial charge in [-0.15, -0.1) is 0 Å². The van der Waals surface area contributed by atoms with Gasteiger partial charge in [-0.05, 0) is 29.2 Å². The van der Waals surface area contributed by atoms with Crippen LogP contribution in [0.15, 0.2) is 51.6 Å². The molecule has 4 heterocycles. The Morgan fingerprint density at radius 2 is 2.00 bits per heavy atom. The van der Waals surface area contributed by atoms with Crippen molar-refractivity contribution in [1.29, 1.82) is 5.26 Å². The van der Waals surface area contributed by atoms with Crippen LogP contribution >= 0.6 is 11.6 Å². The number of anilines is 1. The molecular formula is C27H24ClN7O4. The maximum atomic E-state index is 13.8. The van der Waals surface area contributed by atoms with Gasteiger partial charge in [0.1, 0.15) is 17.1 Å². The Morgan fingerprint density at radius 1 is 1.26 bits per heavy atom. The Balaban J connectivity index is 1.81. The van der Waals surface area contributed by atoms with Crippen molar-refractivity contribution in [3.8, 4) is 29.1 Å². The topological polar surface area (TPSA) is 149 Å². The summed E-state index contributed by atoms with van der Waals surface area (Å²) in [6.45, 7) is 3.82. The number of methoxy groups -OCH3 is 2. The van der Waals surface area contributed by atoms with E-state index in [9.17, 15) is 14.9 Å². The number of carbonyl (C=O) groups is 1. The third-order valence-electron chi connectivity index (χ3n) is 6.72. The summed E-state index contributed by atoms with van der Waals surface area (Å²) < 4.78 is 11.8. The number of nitrogens with zero attached hydrogens (tertiary/aromatic N) is 6. The zero-order valence-electron chi connectivity index (χ0n) is 21.8. The number of nitrogens with two attached hydrogens (primary N) is 1. The quantitative estimate of drug-likeness (QED) is 0.479. The van der Waals surface area contributed by atoms with Gasteiger partial charge < -0.3 is 19.8 Å². The van der Waals surface area contributed by atoms with Gasteiger partial charge in [0.2, 0.25) is 5.88 Å². The summed E-state index contributed by atoms with van der Waals surface area (Å²) in [5.74, 6) is -0.588. The third-order valence-corrected chi connectivity index (χ3v) is 7.00. The number of fused-ring (bicyclic) bond motifs is 6. The summed E-state index contributed by atoms with van der Waals surface area (Å²) in [6.07, 6.45) is 2.94. The lowest BCUT2D eigenvalue weighted by molar-refractivity contribution is -0.114. The number of nitriles is 1. The number of benzene rings is 1. The van der Waals surface area contributed by atoms with Gasteiger partial charge in [0.25, 0.3) is 11.5 Å². The summed E-state index contributed by atoms with van der Waals surface area (Å²) in [5.41, 5.74) is 9.35. The molecule has 2 aliphatic heterocycles. The zero-order chi connectivity index (χ0) is 28.2. The first-order chi connectivity index (χ1) is 18.6. The number of hydrogen-bond donors (Lipinski definition) is 1. The molecule has 12 heteroatoms. The Bertz CT molecular complexity index is 1720. The fourth-order valence-electron chi connectivity index (χ4n) is 4.98. The molecule has 2 N–H and O–H groups in total. The Labute approximate surface area is 228 Å². The molecule has 39 heavy (non-hydrogen) atoms. The van der Waals surface area contributed by atoms with E-state index in [1.54, 1.807) is 25.2 Å². The molecule has 0 saturated heterocycles. The van der Waals surface area contributed by atoms with Crippen LogP contribution in [0.4, 0.5) is 11.4 Å². The largest absolute Gasteiger partial charge is 0.479 e. The minimum Gasteiger partial charge on any atom is -0.479 e. The van der Waals surface area contributed by atoms with Gasteiger partial charge in [-0.3, -0.25) is 14.5 Å². The molecule has 5 rings (SSSR count). The summed E-state index contributed by atoms with van der Waals surface area (Å²) in [5, 5.41) is 9.86. The van der Waals surface area contributed by atoms with Gasteiger partial charge >= 0.3 is 6.01 Å². The maximum Gasteiger partial charge on any atom is 0.319 e. The van der Waals surface area contributed by atoms with Crippen molar-refractivity contribution in [3.05, 3.63) is 68.4 Å². The first-order valence-corrected chi connectivity index (χ1v) is 12.3. The number of halogens is 1. The van der Waals surface area contributed by atoms with Crippen molar-refractivity contribution >= 4 is 34.6 Å². The standard InChI is InChI=1S/C27H24ClN7O4/c1-12(2)21(32-17-10-31-27(39-5)33-24(17)38-4)19-20(30)25(36)35-22(19)14-7-6-13(9-29)8-15(14)18-16(28)11-34(3)26(37)23(18)35/h6-8,10-12,22H,30H2,1-5H3. The lowest BCUT2D eigenvalue weighted by Crippen LogP contribution is -2.40. The number of aryl methyl sites for hydroxylation is 1. The highest BCUT2D eigenvalue weighted by Gasteiger charge is 2.48. The Kier molecular flexibility index (Phi) is 6.36. The highest BCUT2D eigenvalue weighted by Crippen LogP contribution is 2.52. The number of amides is 1. The number of pyridine rings is 1. The molecule has 0 bridgehead atoms. The minimum atomic E-state index is -0.787. The number of carbonyl (C=O) groups excluding carboxylic acids is 1. The molecule has 198 valence electrons. The number of aromatic nitrogens is 3. The molecule has 2 aliphatic rings. The average molecular weight is 546 g/mol. The van der Waals surface area contributed by atoms with Crippen LogP contribution in [-0.4, -0.2) is 40.4 Å². The van der Waals surface area contributed by atoms with E-state index in [0.29, 0.717) is 39.2 Å². The molecule has 11 nitrogen and oxygen atoms in total. The van der Waals surface area contributed by atoms with E-state index in [-0.39, 0.29) is 34.2 Å². The van der Waals surface area contributed by atoms with Crippen molar-refractivity contribution in [1.82, 2.24) is 14.5 Å². The molecule has 1 unspecified atom stereocenters. The van der Waals surface area contributed by atoms with Crippen LogP contribution < -0.4 is 25.7 Å².